The zero-order chi connectivity index (χ0) is 16.7. The molecule has 0 aromatic heterocycles. The van der Waals surface area contributed by atoms with Crippen LogP contribution in [-0.4, -0.2) is 80.0 Å². The number of ether oxygens (including phenoxy) is 2. The molecule has 0 saturated carbocycles. The molecule has 1 aromatic carbocycles. The smallest absolute Gasteiger partial charge is 0.236 e. The van der Waals surface area contributed by atoms with Gasteiger partial charge in [0.15, 0.2) is 0 Å². The van der Waals surface area contributed by atoms with Gasteiger partial charge in [-0.05, 0) is 25.6 Å². The number of rotatable bonds is 7. The maximum absolute atomic E-state index is 12.1. The van der Waals surface area contributed by atoms with Crippen LogP contribution in [0.25, 0.3) is 0 Å². The molecule has 1 aliphatic rings. The molecule has 2 rings (SSSR count). The highest BCUT2D eigenvalue weighted by Crippen LogP contribution is 2.16. The van der Waals surface area contributed by atoms with E-state index in [1.165, 1.54) is 0 Å². The van der Waals surface area contributed by atoms with Crippen LogP contribution >= 0.6 is 0 Å². The molecule has 1 aliphatic heterocycles. The van der Waals surface area contributed by atoms with E-state index in [-0.39, 0.29) is 12.5 Å². The molecule has 0 spiro atoms. The Bertz CT molecular complexity index is 503. The van der Waals surface area contributed by atoms with Gasteiger partial charge in [-0.2, -0.15) is 0 Å². The van der Waals surface area contributed by atoms with Crippen LogP contribution in [0.4, 0.5) is 0 Å². The molecule has 1 aromatic rings. The van der Waals surface area contributed by atoms with E-state index in [4.69, 9.17) is 9.47 Å². The van der Waals surface area contributed by atoms with Crippen molar-refractivity contribution in [2.24, 2.45) is 0 Å². The number of carbonyl (C=O) groups excluding carboxylic acids is 1. The summed E-state index contributed by atoms with van der Waals surface area (Å²) in [5, 5.41) is 10.1. The van der Waals surface area contributed by atoms with Gasteiger partial charge in [-0.25, -0.2) is 0 Å². The zero-order valence-corrected chi connectivity index (χ0v) is 13.9. The molecule has 1 fully saturated rings. The molecular formula is C17H26N2O4. The highest BCUT2D eigenvalue weighted by Gasteiger charge is 2.19. The number of aryl methyl sites for hydroxylation is 1. The quantitative estimate of drug-likeness (QED) is 0.793. The molecule has 1 N–H and O–H groups in total. The lowest BCUT2D eigenvalue weighted by molar-refractivity contribution is -0.136. The normalized spacial score (nSPS) is 16.4. The van der Waals surface area contributed by atoms with Crippen LogP contribution < -0.4 is 4.74 Å². The van der Waals surface area contributed by atoms with Crippen molar-refractivity contribution in [3.8, 4) is 5.75 Å². The van der Waals surface area contributed by atoms with E-state index in [9.17, 15) is 9.90 Å². The molecule has 128 valence electrons. The van der Waals surface area contributed by atoms with E-state index in [2.05, 4.69) is 0 Å². The Kier molecular flexibility index (Phi) is 6.83. The van der Waals surface area contributed by atoms with Crippen molar-refractivity contribution >= 4 is 5.91 Å². The minimum absolute atomic E-state index is 0.0721. The van der Waals surface area contributed by atoms with Crippen LogP contribution in [0.15, 0.2) is 24.3 Å². The third kappa shape index (κ3) is 5.82. The maximum Gasteiger partial charge on any atom is 0.236 e. The predicted octanol–water partition coefficient (Wildman–Crippen LogP) is 0.525. The van der Waals surface area contributed by atoms with E-state index < -0.39 is 6.10 Å². The predicted molar refractivity (Wildman–Crippen MR) is 87.6 cm³/mol. The van der Waals surface area contributed by atoms with Crippen LogP contribution in [-0.2, 0) is 9.53 Å². The van der Waals surface area contributed by atoms with Crippen molar-refractivity contribution in [1.29, 1.82) is 0 Å². The number of nitrogens with zero attached hydrogens (tertiary/aromatic N) is 2. The lowest BCUT2D eigenvalue weighted by Crippen LogP contribution is -2.46. The van der Waals surface area contributed by atoms with Crippen LogP contribution in [0.5, 0.6) is 5.75 Å². The summed E-state index contributed by atoms with van der Waals surface area (Å²) in [7, 11) is 1.83. The minimum atomic E-state index is -0.642. The first-order chi connectivity index (χ1) is 11.1. The van der Waals surface area contributed by atoms with Gasteiger partial charge in [0, 0.05) is 19.6 Å². The fourth-order valence-corrected chi connectivity index (χ4v) is 2.53. The Balaban J connectivity index is 1.70. The second kappa shape index (κ2) is 8.86. The molecule has 23 heavy (non-hydrogen) atoms. The number of para-hydroxylation sites is 1. The first-order valence-corrected chi connectivity index (χ1v) is 7.97. The van der Waals surface area contributed by atoms with Crippen LogP contribution in [0.1, 0.15) is 5.56 Å². The van der Waals surface area contributed by atoms with Gasteiger partial charge in [-0.1, -0.05) is 18.2 Å². The average molecular weight is 322 g/mol. The molecular weight excluding hydrogens is 296 g/mol. The molecule has 1 unspecified atom stereocenters. The number of aliphatic hydroxyl groups excluding tert-OH is 1. The maximum atomic E-state index is 12.1. The Morgan fingerprint density at radius 1 is 1.39 bits per heavy atom. The SMILES string of the molecule is Cc1ccccc1OCC(O)CN(C)CC(=O)N1CCOCC1. The number of likely N-dealkylation sites (N-methyl/N-ethyl adjacent to an activating group) is 1. The summed E-state index contributed by atoms with van der Waals surface area (Å²) in [4.78, 5) is 15.8. The summed E-state index contributed by atoms with van der Waals surface area (Å²) >= 11 is 0. The monoisotopic (exact) mass is 322 g/mol. The average Bonchev–Trinajstić information content (AvgIpc) is 2.54. The summed E-state index contributed by atoms with van der Waals surface area (Å²) in [6, 6.07) is 7.70. The lowest BCUT2D eigenvalue weighted by atomic mass is 10.2. The molecule has 1 heterocycles. The van der Waals surface area contributed by atoms with Crippen molar-refractivity contribution in [3.63, 3.8) is 0 Å². The number of hydrogen-bond acceptors (Lipinski definition) is 5. The van der Waals surface area contributed by atoms with Gasteiger partial charge in [0.1, 0.15) is 18.5 Å². The van der Waals surface area contributed by atoms with Crippen LogP contribution in [0.2, 0.25) is 0 Å². The summed E-state index contributed by atoms with van der Waals surface area (Å²) < 4.78 is 10.9. The van der Waals surface area contributed by atoms with E-state index in [1.54, 1.807) is 4.90 Å². The first kappa shape index (κ1) is 17.7. The van der Waals surface area contributed by atoms with Crippen LogP contribution in [0.3, 0.4) is 0 Å². The van der Waals surface area contributed by atoms with Crippen molar-refractivity contribution in [3.05, 3.63) is 29.8 Å². The highest BCUT2D eigenvalue weighted by molar-refractivity contribution is 5.78. The van der Waals surface area contributed by atoms with Gasteiger partial charge in [0.05, 0.1) is 19.8 Å². The van der Waals surface area contributed by atoms with Crippen molar-refractivity contribution in [2.75, 3.05) is 53.0 Å². The van der Waals surface area contributed by atoms with Gasteiger partial charge in [-0.15, -0.1) is 0 Å². The van der Waals surface area contributed by atoms with Crippen molar-refractivity contribution in [1.82, 2.24) is 9.80 Å². The Labute approximate surface area is 137 Å². The van der Waals surface area contributed by atoms with E-state index in [1.807, 2.05) is 43.1 Å². The van der Waals surface area contributed by atoms with Gasteiger partial charge < -0.3 is 19.5 Å². The lowest BCUT2D eigenvalue weighted by Gasteiger charge is -2.29. The number of amides is 1. The summed E-state index contributed by atoms with van der Waals surface area (Å²) in [5.74, 6) is 0.849. The number of morpholine rings is 1. The highest BCUT2D eigenvalue weighted by atomic mass is 16.5. The molecule has 1 atom stereocenters. The summed E-state index contributed by atoms with van der Waals surface area (Å²) in [6.07, 6.45) is -0.642. The minimum Gasteiger partial charge on any atom is -0.491 e. The van der Waals surface area contributed by atoms with Crippen LogP contribution in [0, 0.1) is 6.92 Å². The summed E-state index contributed by atoms with van der Waals surface area (Å²) in [5.41, 5.74) is 1.04. The number of aliphatic hydroxyl groups is 1. The molecule has 6 heteroatoms. The van der Waals surface area contributed by atoms with Gasteiger partial charge in [0.2, 0.25) is 5.91 Å². The first-order valence-electron chi connectivity index (χ1n) is 7.97. The summed E-state index contributed by atoms with van der Waals surface area (Å²) in [6.45, 7) is 5.35. The number of benzene rings is 1. The molecule has 1 saturated heterocycles. The third-order valence-corrected chi connectivity index (χ3v) is 3.82. The second-order valence-corrected chi connectivity index (χ2v) is 5.92. The Morgan fingerprint density at radius 2 is 2.09 bits per heavy atom. The van der Waals surface area contributed by atoms with E-state index in [0.29, 0.717) is 39.4 Å². The van der Waals surface area contributed by atoms with Crippen molar-refractivity contribution < 1.29 is 19.4 Å². The molecule has 0 bridgehead atoms. The van der Waals surface area contributed by atoms with E-state index in [0.717, 1.165) is 11.3 Å². The number of carbonyl (C=O) groups is 1. The number of hydrogen-bond donors (Lipinski definition) is 1. The van der Waals surface area contributed by atoms with Gasteiger partial charge in [-0.3, -0.25) is 9.69 Å². The van der Waals surface area contributed by atoms with Crippen molar-refractivity contribution in [2.45, 2.75) is 13.0 Å². The zero-order valence-electron chi connectivity index (χ0n) is 13.9. The molecule has 0 radical (unpaired) electrons. The third-order valence-electron chi connectivity index (χ3n) is 3.82. The van der Waals surface area contributed by atoms with E-state index >= 15 is 0 Å². The molecule has 1 amide bonds. The Hall–Kier alpha value is -1.63. The molecule has 6 nitrogen and oxygen atoms in total. The topological polar surface area (TPSA) is 62.2 Å². The second-order valence-electron chi connectivity index (χ2n) is 5.92. The van der Waals surface area contributed by atoms with Gasteiger partial charge in [0.25, 0.3) is 0 Å². The van der Waals surface area contributed by atoms with Gasteiger partial charge >= 0.3 is 0 Å². The fraction of sp³-hybridized carbons (Fsp3) is 0.588. The standard InChI is InChI=1S/C17H26N2O4/c1-14-5-3-4-6-16(14)23-13-15(20)11-18(2)12-17(21)19-7-9-22-10-8-19/h3-6,15,20H,7-13H2,1-2H3. The fourth-order valence-electron chi connectivity index (χ4n) is 2.53. The molecule has 0 aliphatic carbocycles. The Morgan fingerprint density at radius 3 is 2.78 bits per heavy atom. The largest absolute Gasteiger partial charge is 0.491 e.